The molecule has 2 heterocycles. The van der Waals surface area contributed by atoms with E-state index in [1.54, 1.807) is 6.07 Å². The molecule has 0 radical (unpaired) electrons. The first kappa shape index (κ1) is 11.6. The van der Waals surface area contributed by atoms with Gasteiger partial charge in [0.1, 0.15) is 0 Å². The second kappa shape index (κ2) is 4.97. The van der Waals surface area contributed by atoms with Crippen molar-refractivity contribution < 1.29 is 9.59 Å². The maximum atomic E-state index is 11.8. The highest BCUT2D eigenvalue weighted by molar-refractivity contribution is 7.12. The maximum Gasteiger partial charge on any atom is 0.207 e. The van der Waals surface area contributed by atoms with Crippen molar-refractivity contribution in [2.75, 3.05) is 0 Å². The van der Waals surface area contributed by atoms with E-state index < -0.39 is 0 Å². The number of carbonyl (C=O) groups is 2. The van der Waals surface area contributed by atoms with Crippen LogP contribution in [0.2, 0.25) is 0 Å². The van der Waals surface area contributed by atoms with Crippen LogP contribution in [-0.2, 0) is 0 Å². The zero-order valence-corrected chi connectivity index (χ0v) is 10.0. The Kier molecular flexibility index (Phi) is 3.39. The van der Waals surface area contributed by atoms with E-state index in [2.05, 4.69) is 9.97 Å². The minimum absolute atomic E-state index is 0.0926. The Morgan fingerprint density at radius 3 is 2.53 bits per heavy atom. The number of aromatic nitrogens is 2. The zero-order chi connectivity index (χ0) is 12.3. The minimum Gasteiger partial charge on any atom is -0.293 e. The Balaban J connectivity index is 2.10. The molecule has 0 saturated carbocycles. The highest BCUT2D eigenvalue weighted by Crippen LogP contribution is 2.18. The van der Waals surface area contributed by atoms with Crippen LogP contribution in [0.1, 0.15) is 32.3 Å². The highest BCUT2D eigenvalue weighted by atomic mass is 32.1. The second-order valence-electron chi connectivity index (χ2n) is 3.53. The number of thiophene rings is 1. The van der Waals surface area contributed by atoms with Crippen molar-refractivity contribution in [3.05, 3.63) is 46.2 Å². The molecule has 2 aromatic heterocycles. The monoisotopic (exact) mass is 246 g/mol. The maximum absolute atomic E-state index is 11.8. The molecule has 0 N–H and O–H groups in total. The summed E-state index contributed by atoms with van der Waals surface area (Å²) in [5.41, 5.74) is 0.904. The van der Waals surface area contributed by atoms with Gasteiger partial charge in [-0.05, 0) is 30.0 Å². The van der Waals surface area contributed by atoms with Gasteiger partial charge >= 0.3 is 0 Å². The van der Waals surface area contributed by atoms with Crippen LogP contribution in [0.5, 0.6) is 0 Å². The minimum atomic E-state index is -0.344. The number of hydrogen-bond acceptors (Lipinski definition) is 5. The Bertz CT molecular complexity index is 549. The van der Waals surface area contributed by atoms with E-state index in [-0.39, 0.29) is 23.8 Å². The Hall–Kier alpha value is -1.88. The molecule has 0 aliphatic heterocycles. The normalized spacial score (nSPS) is 10.2. The fourth-order valence-electron chi connectivity index (χ4n) is 1.41. The molecule has 0 fully saturated rings. The molecule has 0 aliphatic carbocycles. The number of Topliss-reactive ketones (excluding diaryl/α,β-unsaturated/α-hetero) is 2. The average Bonchev–Trinajstić information content (AvgIpc) is 2.76. The van der Waals surface area contributed by atoms with Gasteiger partial charge in [-0.3, -0.25) is 9.59 Å². The van der Waals surface area contributed by atoms with Crippen LogP contribution in [0.4, 0.5) is 0 Å². The number of ketones is 2. The van der Waals surface area contributed by atoms with Crippen LogP contribution < -0.4 is 0 Å². The highest BCUT2D eigenvalue weighted by Gasteiger charge is 2.17. The van der Waals surface area contributed by atoms with Crippen molar-refractivity contribution in [3.63, 3.8) is 0 Å². The lowest BCUT2D eigenvalue weighted by atomic mass is 10.1. The topological polar surface area (TPSA) is 59.9 Å². The summed E-state index contributed by atoms with van der Waals surface area (Å²) in [5, 5.41) is 1.84. The molecule has 0 bridgehead atoms. The molecule has 17 heavy (non-hydrogen) atoms. The summed E-state index contributed by atoms with van der Waals surface area (Å²) in [6.07, 6.45) is 2.80. The van der Waals surface area contributed by atoms with E-state index in [1.165, 1.54) is 23.7 Å². The fourth-order valence-corrected chi connectivity index (χ4v) is 2.27. The van der Waals surface area contributed by atoms with Gasteiger partial charge in [-0.1, -0.05) is 0 Å². The van der Waals surface area contributed by atoms with Gasteiger partial charge in [-0.25, -0.2) is 9.97 Å². The zero-order valence-electron chi connectivity index (χ0n) is 9.21. The summed E-state index contributed by atoms with van der Waals surface area (Å²) >= 11 is 1.35. The molecular weight excluding hydrogens is 236 g/mol. The van der Waals surface area contributed by atoms with Gasteiger partial charge in [0.05, 0.1) is 11.3 Å². The van der Waals surface area contributed by atoms with Crippen molar-refractivity contribution in [1.82, 2.24) is 9.97 Å². The third kappa shape index (κ3) is 2.62. The molecular formula is C12H10N2O2S. The third-order valence-electron chi connectivity index (χ3n) is 2.25. The van der Waals surface area contributed by atoms with Crippen molar-refractivity contribution >= 4 is 22.9 Å². The van der Waals surface area contributed by atoms with E-state index in [0.717, 1.165) is 5.56 Å². The van der Waals surface area contributed by atoms with Crippen LogP contribution in [0.15, 0.2) is 29.9 Å². The van der Waals surface area contributed by atoms with Gasteiger partial charge in [-0.2, -0.15) is 0 Å². The summed E-state index contributed by atoms with van der Waals surface area (Å²) < 4.78 is 0. The second-order valence-corrected chi connectivity index (χ2v) is 4.44. The Labute approximate surface area is 102 Å². The van der Waals surface area contributed by atoms with Crippen LogP contribution >= 0.6 is 11.3 Å². The molecule has 0 spiro atoms. The van der Waals surface area contributed by atoms with E-state index in [9.17, 15) is 9.59 Å². The molecule has 0 amide bonds. The molecule has 0 aliphatic rings. The van der Waals surface area contributed by atoms with E-state index >= 15 is 0 Å². The number of nitrogens with zero attached hydrogens (tertiary/aromatic N) is 2. The molecule has 2 aromatic rings. The SMILES string of the molecule is Cc1ccsc1C(=O)CC(=O)c1ncccn1. The summed E-state index contributed by atoms with van der Waals surface area (Å²) in [5.74, 6) is -0.423. The molecule has 0 aromatic carbocycles. The van der Waals surface area contributed by atoms with Gasteiger partial charge in [0.2, 0.25) is 5.78 Å². The van der Waals surface area contributed by atoms with E-state index in [1.807, 2.05) is 18.4 Å². The third-order valence-corrected chi connectivity index (χ3v) is 3.31. The summed E-state index contributed by atoms with van der Waals surface area (Å²) in [7, 11) is 0. The first-order valence-electron chi connectivity index (χ1n) is 5.06. The van der Waals surface area contributed by atoms with Gasteiger partial charge in [-0.15, -0.1) is 11.3 Å². The van der Waals surface area contributed by atoms with Crippen molar-refractivity contribution in [2.24, 2.45) is 0 Å². The van der Waals surface area contributed by atoms with Crippen molar-refractivity contribution in [3.8, 4) is 0 Å². The van der Waals surface area contributed by atoms with Gasteiger partial charge in [0.25, 0.3) is 0 Å². The predicted molar refractivity (Wildman–Crippen MR) is 64.4 cm³/mol. The predicted octanol–water partition coefficient (Wildman–Crippen LogP) is 2.30. The summed E-state index contributed by atoms with van der Waals surface area (Å²) in [4.78, 5) is 31.9. The van der Waals surface area contributed by atoms with Crippen molar-refractivity contribution in [2.45, 2.75) is 13.3 Å². The quantitative estimate of drug-likeness (QED) is 0.613. The van der Waals surface area contributed by atoms with E-state index in [0.29, 0.717) is 4.88 Å². The largest absolute Gasteiger partial charge is 0.293 e. The number of carbonyl (C=O) groups excluding carboxylic acids is 2. The number of aryl methyl sites for hydroxylation is 1. The number of rotatable bonds is 4. The smallest absolute Gasteiger partial charge is 0.207 e. The van der Waals surface area contributed by atoms with E-state index in [4.69, 9.17) is 0 Å². The molecule has 86 valence electrons. The summed E-state index contributed by atoms with van der Waals surface area (Å²) in [6, 6.07) is 3.49. The van der Waals surface area contributed by atoms with Crippen LogP contribution in [-0.4, -0.2) is 21.5 Å². The summed E-state index contributed by atoms with van der Waals surface area (Å²) in [6.45, 7) is 1.85. The molecule has 5 heteroatoms. The fraction of sp³-hybridized carbons (Fsp3) is 0.167. The Morgan fingerprint density at radius 1 is 1.24 bits per heavy atom. The standard InChI is InChI=1S/C12H10N2O2S/c1-8-3-6-17-11(8)9(15)7-10(16)12-13-4-2-5-14-12/h2-6H,7H2,1H3. The van der Waals surface area contributed by atoms with Crippen LogP contribution in [0.3, 0.4) is 0 Å². The molecule has 0 unspecified atom stereocenters. The lowest BCUT2D eigenvalue weighted by Crippen LogP contribution is -2.11. The molecule has 2 rings (SSSR count). The number of hydrogen-bond donors (Lipinski definition) is 0. The van der Waals surface area contributed by atoms with Crippen LogP contribution in [0.25, 0.3) is 0 Å². The van der Waals surface area contributed by atoms with Crippen molar-refractivity contribution in [1.29, 1.82) is 0 Å². The molecule has 0 atom stereocenters. The van der Waals surface area contributed by atoms with Gasteiger partial charge < -0.3 is 0 Å². The first-order valence-corrected chi connectivity index (χ1v) is 5.94. The lowest BCUT2D eigenvalue weighted by molar-refractivity contribution is 0.0890. The van der Waals surface area contributed by atoms with Gasteiger partial charge in [0, 0.05) is 12.4 Å². The molecule has 0 saturated heterocycles. The van der Waals surface area contributed by atoms with Crippen LogP contribution in [0, 0.1) is 6.92 Å². The molecule has 4 nitrogen and oxygen atoms in total. The Morgan fingerprint density at radius 2 is 1.94 bits per heavy atom. The average molecular weight is 246 g/mol. The lowest BCUT2D eigenvalue weighted by Gasteiger charge is -1.98. The van der Waals surface area contributed by atoms with Gasteiger partial charge in [0.15, 0.2) is 11.6 Å². The first-order chi connectivity index (χ1) is 8.18.